The van der Waals surface area contributed by atoms with Crippen LogP contribution in [0, 0.1) is 0 Å². The lowest BCUT2D eigenvalue weighted by Gasteiger charge is -2.48. The van der Waals surface area contributed by atoms with Gasteiger partial charge in [0.15, 0.2) is 0 Å². The predicted octanol–water partition coefficient (Wildman–Crippen LogP) is 1.77. The van der Waals surface area contributed by atoms with Crippen LogP contribution in [0.15, 0.2) is 0 Å². The summed E-state index contributed by atoms with van der Waals surface area (Å²) in [5.41, 5.74) is 0. The van der Waals surface area contributed by atoms with Gasteiger partial charge < -0.3 is 5.11 Å². The lowest BCUT2D eigenvalue weighted by atomic mass is 9.98. The molecule has 0 aromatic heterocycles. The van der Waals surface area contributed by atoms with Crippen molar-refractivity contribution in [3.8, 4) is 0 Å². The van der Waals surface area contributed by atoms with Crippen LogP contribution in [0.5, 0.6) is 0 Å². The second kappa shape index (κ2) is 7.40. The van der Waals surface area contributed by atoms with Crippen LogP contribution in [0.3, 0.4) is 0 Å². The Labute approximate surface area is 129 Å². The monoisotopic (exact) mass is 318 g/mol. The Bertz CT molecular complexity index is 427. The Balaban J connectivity index is 2.06. The third-order valence-corrected chi connectivity index (χ3v) is 7.40. The van der Waals surface area contributed by atoms with Gasteiger partial charge in [-0.1, -0.05) is 26.7 Å². The Morgan fingerprint density at radius 2 is 1.95 bits per heavy atom. The minimum atomic E-state index is -3.20. The molecule has 0 aromatic carbocycles. The van der Waals surface area contributed by atoms with Crippen molar-refractivity contribution in [3.63, 3.8) is 0 Å². The summed E-state index contributed by atoms with van der Waals surface area (Å²) in [6.07, 6.45) is 5.66. The van der Waals surface area contributed by atoms with Crippen LogP contribution in [0.1, 0.15) is 58.8 Å². The molecule has 2 saturated heterocycles. The van der Waals surface area contributed by atoms with Crippen molar-refractivity contribution in [3.05, 3.63) is 0 Å². The van der Waals surface area contributed by atoms with E-state index in [4.69, 9.17) is 0 Å². The molecule has 1 N–H and O–H groups in total. The van der Waals surface area contributed by atoms with Gasteiger partial charge in [0, 0.05) is 32.1 Å². The third-order valence-electron chi connectivity index (χ3n) is 4.94. The van der Waals surface area contributed by atoms with Crippen LogP contribution in [-0.2, 0) is 10.0 Å². The smallest absolute Gasteiger partial charge is 0.217 e. The predicted molar refractivity (Wildman–Crippen MR) is 84.4 cm³/mol. The van der Waals surface area contributed by atoms with Crippen LogP contribution in [-0.4, -0.2) is 59.9 Å². The van der Waals surface area contributed by atoms with E-state index in [1.807, 2.05) is 6.92 Å². The number of hydrogen-bond donors (Lipinski definition) is 1. The van der Waals surface area contributed by atoms with Crippen molar-refractivity contribution in [2.45, 2.75) is 76.3 Å². The number of unbranched alkanes of at least 4 members (excludes halogenated alkanes) is 1. The Morgan fingerprint density at radius 1 is 1.24 bits per heavy atom. The molecule has 2 rings (SSSR count). The number of fused-ring (bicyclic) bond motifs is 1. The van der Waals surface area contributed by atoms with Crippen LogP contribution >= 0.6 is 0 Å². The highest BCUT2D eigenvalue weighted by Gasteiger charge is 2.41. The van der Waals surface area contributed by atoms with Gasteiger partial charge in [-0.25, -0.2) is 12.7 Å². The highest BCUT2D eigenvalue weighted by molar-refractivity contribution is 7.89. The zero-order valence-electron chi connectivity index (χ0n) is 13.4. The molecule has 1 unspecified atom stereocenters. The van der Waals surface area contributed by atoms with Gasteiger partial charge in [0.25, 0.3) is 0 Å². The van der Waals surface area contributed by atoms with E-state index < -0.39 is 10.0 Å². The molecule has 0 bridgehead atoms. The molecule has 6 heteroatoms. The van der Waals surface area contributed by atoms with Crippen molar-refractivity contribution in [2.75, 3.05) is 19.6 Å². The molecule has 2 fully saturated rings. The molecule has 0 aromatic rings. The molecular formula is C15H30N2O3S. The lowest BCUT2D eigenvalue weighted by molar-refractivity contribution is -0.126. The first-order valence-corrected chi connectivity index (χ1v) is 9.93. The quantitative estimate of drug-likeness (QED) is 0.811. The number of hydrogen-bond acceptors (Lipinski definition) is 4. The molecule has 2 aliphatic heterocycles. The number of aliphatic hydroxyl groups is 1. The van der Waals surface area contributed by atoms with E-state index in [2.05, 4.69) is 11.8 Å². The van der Waals surface area contributed by atoms with E-state index >= 15 is 0 Å². The molecule has 0 radical (unpaired) electrons. The summed E-state index contributed by atoms with van der Waals surface area (Å²) in [4.78, 5) is 2.05. The summed E-state index contributed by atoms with van der Waals surface area (Å²) in [6, 6.07) is 0.207. The van der Waals surface area contributed by atoms with Crippen molar-refractivity contribution < 1.29 is 13.5 Å². The van der Waals surface area contributed by atoms with Gasteiger partial charge in [-0.3, -0.25) is 4.90 Å². The molecule has 21 heavy (non-hydrogen) atoms. The SMILES string of the molecule is CCCCC(CC)S(=O)(=O)N1CCCCN2[C@H](C[C@H]2O)C1. The summed E-state index contributed by atoms with van der Waals surface area (Å²) in [5, 5.41) is 9.54. The maximum absolute atomic E-state index is 12.9. The maximum Gasteiger partial charge on any atom is 0.217 e. The second-order valence-electron chi connectivity index (χ2n) is 6.39. The van der Waals surface area contributed by atoms with Gasteiger partial charge >= 0.3 is 0 Å². The second-order valence-corrected chi connectivity index (χ2v) is 8.60. The van der Waals surface area contributed by atoms with Crippen molar-refractivity contribution >= 4 is 10.0 Å². The topological polar surface area (TPSA) is 60.9 Å². The number of rotatable bonds is 6. The molecular weight excluding hydrogens is 288 g/mol. The normalized spacial score (nSPS) is 30.0. The largest absolute Gasteiger partial charge is 0.378 e. The lowest BCUT2D eigenvalue weighted by Crippen LogP contribution is -2.62. The van der Waals surface area contributed by atoms with E-state index in [9.17, 15) is 13.5 Å². The fourth-order valence-corrected chi connectivity index (χ4v) is 5.55. The summed E-state index contributed by atoms with van der Waals surface area (Å²) in [5.74, 6) is 0. The summed E-state index contributed by atoms with van der Waals surface area (Å²) in [6.45, 7) is 6.17. The number of sulfonamides is 1. The minimum absolute atomic E-state index is 0.207. The maximum atomic E-state index is 12.9. The number of aliphatic hydroxyl groups excluding tert-OH is 1. The van der Waals surface area contributed by atoms with E-state index in [1.54, 1.807) is 4.31 Å². The first kappa shape index (κ1) is 17.2. The molecule has 0 amide bonds. The van der Waals surface area contributed by atoms with Crippen LogP contribution in [0.4, 0.5) is 0 Å². The molecule has 2 heterocycles. The zero-order valence-corrected chi connectivity index (χ0v) is 14.2. The zero-order chi connectivity index (χ0) is 15.5. The van der Waals surface area contributed by atoms with Crippen molar-refractivity contribution in [1.82, 2.24) is 9.21 Å². The van der Waals surface area contributed by atoms with E-state index in [-0.39, 0.29) is 17.5 Å². The van der Waals surface area contributed by atoms with Crippen molar-refractivity contribution in [1.29, 1.82) is 0 Å². The van der Waals surface area contributed by atoms with E-state index in [0.29, 0.717) is 25.9 Å². The van der Waals surface area contributed by atoms with E-state index in [0.717, 1.165) is 38.6 Å². The summed E-state index contributed by atoms with van der Waals surface area (Å²) >= 11 is 0. The summed E-state index contributed by atoms with van der Waals surface area (Å²) < 4.78 is 27.5. The highest BCUT2D eigenvalue weighted by atomic mass is 32.2. The average molecular weight is 318 g/mol. The third kappa shape index (κ3) is 3.78. The molecule has 2 aliphatic rings. The first-order chi connectivity index (χ1) is 10.0. The van der Waals surface area contributed by atoms with Crippen LogP contribution < -0.4 is 0 Å². The molecule has 124 valence electrons. The molecule has 0 spiro atoms. The first-order valence-electron chi connectivity index (χ1n) is 8.43. The molecule has 0 aliphatic carbocycles. The van der Waals surface area contributed by atoms with E-state index in [1.165, 1.54) is 0 Å². The molecule has 0 saturated carbocycles. The highest BCUT2D eigenvalue weighted by Crippen LogP contribution is 2.29. The molecule has 5 nitrogen and oxygen atoms in total. The fourth-order valence-electron chi connectivity index (χ4n) is 3.48. The van der Waals surface area contributed by atoms with Crippen LogP contribution in [0.2, 0.25) is 0 Å². The van der Waals surface area contributed by atoms with Gasteiger partial charge in [-0.05, 0) is 25.7 Å². The van der Waals surface area contributed by atoms with Gasteiger partial charge in [0.2, 0.25) is 10.0 Å². The Morgan fingerprint density at radius 3 is 2.57 bits per heavy atom. The molecule has 3 atom stereocenters. The Kier molecular flexibility index (Phi) is 6.05. The minimum Gasteiger partial charge on any atom is -0.378 e. The number of nitrogens with zero attached hydrogens (tertiary/aromatic N) is 2. The summed E-state index contributed by atoms with van der Waals surface area (Å²) in [7, 11) is -3.20. The fraction of sp³-hybridized carbons (Fsp3) is 1.00. The standard InChI is InChI=1S/C15H30N2O3S/c1-3-5-8-14(4-2)21(19,20)16-9-6-7-10-17-13(12-16)11-15(17)18/h13-15,18H,3-12H2,1-2H3/t13-,14?,15-/m1/s1. The van der Waals surface area contributed by atoms with Gasteiger partial charge in [0.05, 0.1) is 5.25 Å². The van der Waals surface area contributed by atoms with Gasteiger partial charge in [-0.2, -0.15) is 0 Å². The van der Waals surface area contributed by atoms with Gasteiger partial charge in [-0.15, -0.1) is 0 Å². The Hall–Kier alpha value is -0.170. The van der Waals surface area contributed by atoms with Crippen molar-refractivity contribution in [2.24, 2.45) is 0 Å². The average Bonchev–Trinajstić information content (AvgIpc) is 2.42. The van der Waals surface area contributed by atoms with Gasteiger partial charge in [0.1, 0.15) is 6.23 Å². The van der Waals surface area contributed by atoms with Crippen LogP contribution in [0.25, 0.3) is 0 Å².